The molecule has 1 N–H and O–H groups in total. The Morgan fingerprint density at radius 1 is 1.35 bits per heavy atom. The number of carbonyl (C=O) groups is 2. The molecule has 0 unspecified atom stereocenters. The number of piperazine rings is 1. The smallest absolute Gasteiger partial charge is 0.264 e. The lowest BCUT2D eigenvalue weighted by atomic mass is 10.2. The molecule has 5 nitrogen and oxygen atoms in total. The van der Waals surface area contributed by atoms with E-state index in [1.54, 1.807) is 7.05 Å². The van der Waals surface area contributed by atoms with Crippen molar-refractivity contribution in [1.82, 2.24) is 15.1 Å². The second kappa shape index (κ2) is 6.69. The van der Waals surface area contributed by atoms with E-state index in [4.69, 9.17) is 0 Å². The normalized spacial score (nSPS) is 16.2. The van der Waals surface area contributed by atoms with E-state index in [9.17, 15) is 9.59 Å². The highest BCUT2D eigenvalue weighted by molar-refractivity contribution is 9.11. The molecule has 2 rings (SSSR count). The van der Waals surface area contributed by atoms with Gasteiger partial charge in [-0.05, 0) is 34.5 Å². The maximum Gasteiger partial charge on any atom is 0.264 e. The summed E-state index contributed by atoms with van der Waals surface area (Å²) in [5.74, 6) is 0.103. The van der Waals surface area contributed by atoms with Crippen molar-refractivity contribution in [2.24, 2.45) is 0 Å². The molecule has 110 valence electrons. The molecule has 1 aromatic heterocycles. The van der Waals surface area contributed by atoms with Gasteiger partial charge < -0.3 is 10.2 Å². The van der Waals surface area contributed by atoms with Crippen molar-refractivity contribution in [3.63, 3.8) is 0 Å². The Kier molecular flexibility index (Phi) is 5.17. The fourth-order valence-corrected chi connectivity index (χ4v) is 3.62. The SMILES string of the molecule is CNC(=O)CN1CCN(C(=O)c2cc(C)c(Br)s2)CC1. The first-order valence-electron chi connectivity index (χ1n) is 6.49. The number of carbonyl (C=O) groups excluding carboxylic acids is 2. The van der Waals surface area contributed by atoms with E-state index in [1.165, 1.54) is 11.3 Å². The van der Waals surface area contributed by atoms with Crippen LogP contribution in [0.5, 0.6) is 0 Å². The Morgan fingerprint density at radius 3 is 2.50 bits per heavy atom. The first-order chi connectivity index (χ1) is 9.51. The van der Waals surface area contributed by atoms with E-state index in [0.29, 0.717) is 19.6 Å². The Bertz CT molecular complexity index is 490. The number of hydrogen-bond donors (Lipinski definition) is 1. The van der Waals surface area contributed by atoms with Crippen LogP contribution in [0.1, 0.15) is 15.2 Å². The quantitative estimate of drug-likeness (QED) is 0.885. The Morgan fingerprint density at radius 2 is 2.00 bits per heavy atom. The highest BCUT2D eigenvalue weighted by Crippen LogP contribution is 2.28. The Balaban J connectivity index is 1.90. The molecule has 0 saturated carbocycles. The first kappa shape index (κ1) is 15.5. The average molecular weight is 360 g/mol. The van der Waals surface area contributed by atoms with Crippen LogP contribution in [0.3, 0.4) is 0 Å². The highest BCUT2D eigenvalue weighted by atomic mass is 79.9. The summed E-state index contributed by atoms with van der Waals surface area (Å²) < 4.78 is 1.01. The minimum Gasteiger partial charge on any atom is -0.358 e. The number of halogens is 1. The first-order valence-corrected chi connectivity index (χ1v) is 8.10. The number of nitrogens with zero attached hydrogens (tertiary/aromatic N) is 2. The molecule has 2 amide bonds. The summed E-state index contributed by atoms with van der Waals surface area (Å²) in [6, 6.07) is 1.92. The van der Waals surface area contributed by atoms with Crippen LogP contribution in [0.15, 0.2) is 9.85 Å². The van der Waals surface area contributed by atoms with Crippen molar-refractivity contribution >= 4 is 39.1 Å². The van der Waals surface area contributed by atoms with Gasteiger partial charge in [0.15, 0.2) is 0 Å². The predicted molar refractivity (Wildman–Crippen MR) is 83.2 cm³/mol. The lowest BCUT2D eigenvalue weighted by Gasteiger charge is -2.34. The van der Waals surface area contributed by atoms with Crippen LogP contribution in [0, 0.1) is 6.92 Å². The number of aryl methyl sites for hydroxylation is 1. The average Bonchev–Trinajstić information content (AvgIpc) is 2.78. The van der Waals surface area contributed by atoms with Gasteiger partial charge in [-0.25, -0.2) is 0 Å². The molecule has 1 aromatic rings. The van der Waals surface area contributed by atoms with Gasteiger partial charge in [-0.3, -0.25) is 14.5 Å². The summed E-state index contributed by atoms with van der Waals surface area (Å²) in [5.41, 5.74) is 1.09. The summed E-state index contributed by atoms with van der Waals surface area (Å²) >= 11 is 4.93. The van der Waals surface area contributed by atoms with Crippen LogP contribution >= 0.6 is 27.3 Å². The molecule has 20 heavy (non-hydrogen) atoms. The van der Waals surface area contributed by atoms with Crippen LogP contribution in [0.4, 0.5) is 0 Å². The monoisotopic (exact) mass is 359 g/mol. The second-order valence-corrected chi connectivity index (χ2v) is 7.18. The zero-order chi connectivity index (χ0) is 14.7. The van der Waals surface area contributed by atoms with Crippen molar-refractivity contribution < 1.29 is 9.59 Å². The fraction of sp³-hybridized carbons (Fsp3) is 0.538. The van der Waals surface area contributed by atoms with Crippen LogP contribution in [-0.2, 0) is 4.79 Å². The molecule has 0 bridgehead atoms. The van der Waals surface area contributed by atoms with Crippen molar-refractivity contribution in [1.29, 1.82) is 0 Å². The van der Waals surface area contributed by atoms with Crippen LogP contribution in [0.25, 0.3) is 0 Å². The van der Waals surface area contributed by atoms with Gasteiger partial charge in [0.05, 0.1) is 15.2 Å². The minimum atomic E-state index is 0.0163. The molecule has 0 radical (unpaired) electrons. The molecule has 7 heteroatoms. The third-order valence-electron chi connectivity index (χ3n) is 3.37. The van der Waals surface area contributed by atoms with E-state index in [2.05, 4.69) is 26.1 Å². The van der Waals surface area contributed by atoms with E-state index in [0.717, 1.165) is 27.3 Å². The number of thiophene rings is 1. The Hall–Kier alpha value is -0.920. The van der Waals surface area contributed by atoms with Crippen molar-refractivity contribution in [2.75, 3.05) is 39.8 Å². The topological polar surface area (TPSA) is 52.7 Å². The van der Waals surface area contributed by atoms with Gasteiger partial charge in [-0.1, -0.05) is 0 Å². The van der Waals surface area contributed by atoms with E-state index in [1.807, 2.05) is 17.9 Å². The van der Waals surface area contributed by atoms with E-state index in [-0.39, 0.29) is 11.8 Å². The summed E-state index contributed by atoms with van der Waals surface area (Å²) in [6.45, 7) is 5.21. The molecule has 0 spiro atoms. The third kappa shape index (κ3) is 3.59. The maximum atomic E-state index is 12.4. The summed E-state index contributed by atoms with van der Waals surface area (Å²) in [5, 5.41) is 2.62. The van der Waals surface area contributed by atoms with Gasteiger partial charge in [0, 0.05) is 33.2 Å². The van der Waals surface area contributed by atoms with Gasteiger partial charge in [0.1, 0.15) is 0 Å². The van der Waals surface area contributed by atoms with Crippen molar-refractivity contribution in [3.05, 3.63) is 20.3 Å². The van der Waals surface area contributed by atoms with E-state index >= 15 is 0 Å². The van der Waals surface area contributed by atoms with Gasteiger partial charge in [0.2, 0.25) is 5.91 Å². The lowest BCUT2D eigenvalue weighted by molar-refractivity contribution is -0.122. The lowest BCUT2D eigenvalue weighted by Crippen LogP contribution is -2.50. The standard InChI is InChI=1S/C13H18BrN3O2S/c1-9-7-10(20-12(9)14)13(19)17-5-3-16(4-6-17)8-11(18)15-2/h7H,3-6,8H2,1-2H3,(H,15,18). The van der Waals surface area contributed by atoms with Gasteiger partial charge in [-0.15, -0.1) is 11.3 Å². The van der Waals surface area contributed by atoms with Crippen LogP contribution < -0.4 is 5.32 Å². The molecule has 1 saturated heterocycles. The number of amides is 2. The number of nitrogens with one attached hydrogen (secondary N) is 1. The molecule has 1 aliphatic heterocycles. The van der Waals surface area contributed by atoms with Crippen LogP contribution in [0.2, 0.25) is 0 Å². The third-order valence-corrected chi connectivity index (χ3v) is 5.50. The van der Waals surface area contributed by atoms with Crippen molar-refractivity contribution in [2.45, 2.75) is 6.92 Å². The largest absolute Gasteiger partial charge is 0.358 e. The zero-order valence-electron chi connectivity index (χ0n) is 11.6. The highest BCUT2D eigenvalue weighted by Gasteiger charge is 2.24. The molecular formula is C13H18BrN3O2S. The van der Waals surface area contributed by atoms with Crippen LogP contribution in [-0.4, -0.2) is 61.4 Å². The summed E-state index contributed by atoms with van der Waals surface area (Å²) in [7, 11) is 1.64. The Labute approximate surface area is 131 Å². The minimum absolute atomic E-state index is 0.0163. The molecule has 0 aromatic carbocycles. The maximum absolute atomic E-state index is 12.4. The van der Waals surface area contributed by atoms with Gasteiger partial charge in [0.25, 0.3) is 5.91 Å². The molecule has 1 aliphatic rings. The second-order valence-electron chi connectivity index (χ2n) is 4.81. The van der Waals surface area contributed by atoms with E-state index < -0.39 is 0 Å². The molecule has 2 heterocycles. The number of likely N-dealkylation sites (N-methyl/N-ethyl adjacent to an activating group) is 1. The summed E-state index contributed by atoms with van der Waals surface area (Å²) in [4.78, 5) is 28.4. The number of rotatable bonds is 3. The molecule has 0 atom stereocenters. The molecule has 1 fully saturated rings. The van der Waals surface area contributed by atoms with Crippen molar-refractivity contribution in [3.8, 4) is 0 Å². The number of hydrogen-bond acceptors (Lipinski definition) is 4. The summed E-state index contributed by atoms with van der Waals surface area (Å²) in [6.07, 6.45) is 0. The molecule has 0 aliphatic carbocycles. The van der Waals surface area contributed by atoms with Gasteiger partial charge >= 0.3 is 0 Å². The fourth-order valence-electron chi connectivity index (χ4n) is 2.11. The predicted octanol–water partition coefficient (Wildman–Crippen LogP) is 1.32. The van der Waals surface area contributed by atoms with Gasteiger partial charge in [-0.2, -0.15) is 0 Å². The zero-order valence-corrected chi connectivity index (χ0v) is 14.0. The molecular weight excluding hydrogens is 342 g/mol.